The zero-order valence-electron chi connectivity index (χ0n) is 10.3. The van der Waals surface area contributed by atoms with Crippen molar-refractivity contribution in [2.75, 3.05) is 13.1 Å². The standard InChI is InChI=1S/C12H12F3N3O2/c13-12(14,15)8-3-1-7(2-4-8)9-10(19)17-5-6-18(9)11(16)20/h1-4,9H,5-6H2,(H2,16,20)(H,17,19)/t9-/m1/s1. The Morgan fingerprint density at radius 2 is 1.90 bits per heavy atom. The Balaban J connectivity index is 2.32. The number of halogens is 3. The molecule has 8 heteroatoms. The van der Waals surface area contributed by atoms with Gasteiger partial charge in [-0.15, -0.1) is 0 Å². The summed E-state index contributed by atoms with van der Waals surface area (Å²) < 4.78 is 37.4. The van der Waals surface area contributed by atoms with Crippen molar-refractivity contribution < 1.29 is 22.8 Å². The summed E-state index contributed by atoms with van der Waals surface area (Å²) in [6.45, 7) is 0.478. The number of amides is 3. The smallest absolute Gasteiger partial charge is 0.352 e. The number of alkyl halides is 3. The number of primary amides is 1. The molecule has 3 amide bonds. The van der Waals surface area contributed by atoms with Crippen molar-refractivity contribution in [1.82, 2.24) is 10.2 Å². The van der Waals surface area contributed by atoms with Crippen LogP contribution in [0.2, 0.25) is 0 Å². The molecule has 1 aliphatic heterocycles. The van der Waals surface area contributed by atoms with E-state index in [1.807, 2.05) is 0 Å². The van der Waals surface area contributed by atoms with Crippen molar-refractivity contribution in [3.8, 4) is 0 Å². The van der Waals surface area contributed by atoms with Crippen molar-refractivity contribution in [1.29, 1.82) is 0 Å². The van der Waals surface area contributed by atoms with Gasteiger partial charge in [0.15, 0.2) is 0 Å². The highest BCUT2D eigenvalue weighted by Gasteiger charge is 2.35. The number of nitrogens with zero attached hydrogens (tertiary/aromatic N) is 1. The van der Waals surface area contributed by atoms with Crippen LogP contribution in [0.4, 0.5) is 18.0 Å². The maximum Gasteiger partial charge on any atom is 0.416 e. The van der Waals surface area contributed by atoms with Crippen LogP contribution in [-0.2, 0) is 11.0 Å². The monoisotopic (exact) mass is 287 g/mol. The molecule has 0 aliphatic carbocycles. The molecule has 1 saturated heterocycles. The Morgan fingerprint density at radius 3 is 2.40 bits per heavy atom. The third-order valence-electron chi connectivity index (χ3n) is 3.05. The maximum absolute atomic E-state index is 12.5. The van der Waals surface area contributed by atoms with E-state index >= 15 is 0 Å². The van der Waals surface area contributed by atoms with Crippen LogP contribution in [0.15, 0.2) is 24.3 Å². The van der Waals surface area contributed by atoms with Crippen LogP contribution in [0.3, 0.4) is 0 Å². The second-order valence-electron chi connectivity index (χ2n) is 4.34. The van der Waals surface area contributed by atoms with Crippen molar-refractivity contribution in [3.05, 3.63) is 35.4 Å². The first-order valence-corrected chi connectivity index (χ1v) is 5.81. The lowest BCUT2D eigenvalue weighted by Crippen LogP contribution is -2.53. The van der Waals surface area contributed by atoms with Crippen LogP contribution in [0.5, 0.6) is 0 Å². The van der Waals surface area contributed by atoms with Crippen molar-refractivity contribution in [2.24, 2.45) is 5.73 Å². The van der Waals surface area contributed by atoms with E-state index in [1.54, 1.807) is 0 Å². The number of carbonyl (C=O) groups is 2. The lowest BCUT2D eigenvalue weighted by molar-refractivity contribution is -0.137. The van der Waals surface area contributed by atoms with Gasteiger partial charge < -0.3 is 16.0 Å². The second kappa shape index (κ2) is 5.03. The van der Waals surface area contributed by atoms with Crippen molar-refractivity contribution in [2.45, 2.75) is 12.2 Å². The molecule has 20 heavy (non-hydrogen) atoms. The quantitative estimate of drug-likeness (QED) is 0.816. The highest BCUT2D eigenvalue weighted by atomic mass is 19.4. The molecular formula is C12H12F3N3O2. The fourth-order valence-electron chi connectivity index (χ4n) is 2.09. The van der Waals surface area contributed by atoms with Crippen LogP contribution in [0.1, 0.15) is 17.2 Å². The second-order valence-corrected chi connectivity index (χ2v) is 4.34. The number of urea groups is 1. The minimum absolute atomic E-state index is 0.215. The third-order valence-corrected chi connectivity index (χ3v) is 3.05. The average molecular weight is 287 g/mol. The molecule has 0 radical (unpaired) electrons. The number of carbonyl (C=O) groups excluding carboxylic acids is 2. The number of nitrogens with one attached hydrogen (secondary N) is 1. The molecule has 1 aromatic carbocycles. The summed E-state index contributed by atoms with van der Waals surface area (Å²) in [5.41, 5.74) is 4.65. The van der Waals surface area contributed by atoms with Gasteiger partial charge in [-0.1, -0.05) is 12.1 Å². The van der Waals surface area contributed by atoms with Gasteiger partial charge in [-0.2, -0.15) is 13.2 Å². The summed E-state index contributed by atoms with van der Waals surface area (Å²) in [5, 5.41) is 2.55. The first kappa shape index (κ1) is 14.2. The third kappa shape index (κ3) is 2.68. The minimum atomic E-state index is -4.45. The van der Waals surface area contributed by atoms with E-state index in [2.05, 4.69) is 5.32 Å². The van der Waals surface area contributed by atoms with Gasteiger partial charge in [-0.3, -0.25) is 4.79 Å². The normalized spacial score (nSPS) is 19.6. The zero-order valence-corrected chi connectivity index (χ0v) is 10.3. The first-order chi connectivity index (χ1) is 9.30. The maximum atomic E-state index is 12.5. The van der Waals surface area contributed by atoms with Gasteiger partial charge >= 0.3 is 12.2 Å². The molecular weight excluding hydrogens is 275 g/mol. The number of hydrogen-bond donors (Lipinski definition) is 2. The molecule has 0 spiro atoms. The van der Waals surface area contributed by atoms with E-state index in [0.29, 0.717) is 0 Å². The summed E-state index contributed by atoms with van der Waals surface area (Å²) in [7, 11) is 0. The molecule has 1 aliphatic rings. The summed E-state index contributed by atoms with van der Waals surface area (Å²) in [4.78, 5) is 24.2. The highest BCUT2D eigenvalue weighted by Crippen LogP contribution is 2.31. The summed E-state index contributed by atoms with van der Waals surface area (Å²) in [6, 6.07) is 2.31. The minimum Gasteiger partial charge on any atom is -0.352 e. The fraction of sp³-hybridized carbons (Fsp3) is 0.333. The lowest BCUT2D eigenvalue weighted by atomic mass is 10.0. The topological polar surface area (TPSA) is 75.4 Å². The number of hydrogen-bond acceptors (Lipinski definition) is 2. The molecule has 0 unspecified atom stereocenters. The summed E-state index contributed by atoms with van der Waals surface area (Å²) >= 11 is 0. The molecule has 1 fully saturated rings. The summed E-state index contributed by atoms with van der Waals surface area (Å²) in [6.07, 6.45) is -4.45. The van der Waals surface area contributed by atoms with Crippen LogP contribution in [-0.4, -0.2) is 29.9 Å². The SMILES string of the molecule is NC(=O)N1CCNC(=O)[C@H]1c1ccc(C(F)(F)F)cc1. The zero-order chi connectivity index (χ0) is 14.9. The van der Waals surface area contributed by atoms with Gasteiger partial charge in [0.05, 0.1) is 5.56 Å². The Labute approximate surface area is 112 Å². The number of rotatable bonds is 1. The molecule has 3 N–H and O–H groups in total. The Kier molecular flexibility index (Phi) is 3.56. The van der Waals surface area contributed by atoms with E-state index in [9.17, 15) is 22.8 Å². The van der Waals surface area contributed by atoms with E-state index in [1.165, 1.54) is 12.1 Å². The van der Waals surface area contributed by atoms with Gasteiger partial charge in [-0.05, 0) is 17.7 Å². The van der Waals surface area contributed by atoms with E-state index in [-0.39, 0.29) is 18.7 Å². The average Bonchev–Trinajstić information content (AvgIpc) is 2.37. The number of piperazine rings is 1. The van der Waals surface area contributed by atoms with Crippen LogP contribution < -0.4 is 11.1 Å². The van der Waals surface area contributed by atoms with Crippen LogP contribution in [0, 0.1) is 0 Å². The van der Waals surface area contributed by atoms with Gasteiger partial charge in [0, 0.05) is 13.1 Å². The van der Waals surface area contributed by atoms with Crippen molar-refractivity contribution in [3.63, 3.8) is 0 Å². The molecule has 0 saturated carbocycles. The van der Waals surface area contributed by atoms with Crippen LogP contribution >= 0.6 is 0 Å². The molecule has 2 rings (SSSR count). The molecule has 1 atom stereocenters. The molecule has 1 heterocycles. The van der Waals surface area contributed by atoms with E-state index < -0.39 is 29.7 Å². The molecule has 1 aromatic rings. The van der Waals surface area contributed by atoms with Gasteiger partial charge in [0.1, 0.15) is 6.04 Å². The fourth-order valence-corrected chi connectivity index (χ4v) is 2.09. The Morgan fingerprint density at radius 1 is 1.30 bits per heavy atom. The Hall–Kier alpha value is -2.25. The molecule has 5 nitrogen and oxygen atoms in total. The van der Waals surface area contributed by atoms with Gasteiger partial charge in [0.25, 0.3) is 0 Å². The predicted octanol–water partition coefficient (Wildman–Crippen LogP) is 1.26. The van der Waals surface area contributed by atoms with Gasteiger partial charge in [0.2, 0.25) is 5.91 Å². The highest BCUT2D eigenvalue weighted by molar-refractivity contribution is 5.88. The molecule has 0 aromatic heterocycles. The van der Waals surface area contributed by atoms with Crippen LogP contribution in [0.25, 0.3) is 0 Å². The number of benzene rings is 1. The Bertz CT molecular complexity index is 528. The largest absolute Gasteiger partial charge is 0.416 e. The summed E-state index contributed by atoms with van der Waals surface area (Å²) in [5.74, 6) is -0.463. The molecule has 0 bridgehead atoms. The van der Waals surface area contributed by atoms with E-state index in [4.69, 9.17) is 5.73 Å². The van der Waals surface area contributed by atoms with Gasteiger partial charge in [-0.25, -0.2) is 4.79 Å². The van der Waals surface area contributed by atoms with E-state index in [0.717, 1.165) is 17.0 Å². The van der Waals surface area contributed by atoms with Crippen molar-refractivity contribution >= 4 is 11.9 Å². The predicted molar refractivity (Wildman–Crippen MR) is 63.5 cm³/mol. The molecule has 108 valence electrons. The first-order valence-electron chi connectivity index (χ1n) is 5.81. The lowest BCUT2D eigenvalue weighted by Gasteiger charge is -2.34. The number of nitrogens with two attached hydrogens (primary N) is 1.